The predicted octanol–water partition coefficient (Wildman–Crippen LogP) is 1.11. The Labute approximate surface area is 122 Å². The highest BCUT2D eigenvalue weighted by Gasteiger charge is 2.23. The van der Waals surface area contributed by atoms with Crippen LogP contribution in [0.15, 0.2) is 29.2 Å². The van der Waals surface area contributed by atoms with Gasteiger partial charge in [-0.1, -0.05) is 19.1 Å². The second kappa shape index (κ2) is 7.73. The van der Waals surface area contributed by atoms with Crippen LogP contribution in [0.4, 0.5) is 0 Å². The fraction of sp³-hybridized carbons (Fsp3) is 0.571. The van der Waals surface area contributed by atoms with E-state index in [4.69, 9.17) is 5.73 Å². The van der Waals surface area contributed by atoms with Gasteiger partial charge in [-0.15, -0.1) is 0 Å². The Kier molecular flexibility index (Phi) is 6.61. The molecule has 0 amide bonds. The first-order valence-corrected chi connectivity index (χ1v) is 8.29. The molecular weight excluding hydrogens is 274 g/mol. The van der Waals surface area contributed by atoms with Gasteiger partial charge in [0.1, 0.15) is 0 Å². The number of benzene rings is 1. The third-order valence-corrected chi connectivity index (χ3v) is 4.94. The van der Waals surface area contributed by atoms with E-state index in [9.17, 15) is 8.42 Å². The van der Waals surface area contributed by atoms with E-state index >= 15 is 0 Å². The molecule has 1 rings (SSSR count). The van der Waals surface area contributed by atoms with Gasteiger partial charge < -0.3 is 10.6 Å². The molecule has 0 aliphatic heterocycles. The summed E-state index contributed by atoms with van der Waals surface area (Å²) in [5.74, 6) is 0. The lowest BCUT2D eigenvalue weighted by atomic mass is 10.2. The quantitative estimate of drug-likeness (QED) is 0.781. The summed E-state index contributed by atoms with van der Waals surface area (Å²) in [5, 5.41) is 0. The van der Waals surface area contributed by atoms with Gasteiger partial charge in [0.25, 0.3) is 0 Å². The zero-order valence-corrected chi connectivity index (χ0v) is 13.4. The lowest BCUT2D eigenvalue weighted by Gasteiger charge is -2.23. The fourth-order valence-corrected chi connectivity index (χ4v) is 3.49. The average Bonchev–Trinajstić information content (AvgIpc) is 2.43. The van der Waals surface area contributed by atoms with Gasteiger partial charge in [-0.3, -0.25) is 0 Å². The summed E-state index contributed by atoms with van der Waals surface area (Å²) in [6.07, 6.45) is 0.795. The third-order valence-electron chi connectivity index (χ3n) is 3.04. The van der Waals surface area contributed by atoms with Crippen molar-refractivity contribution in [2.75, 3.05) is 33.7 Å². The van der Waals surface area contributed by atoms with Gasteiger partial charge in [0.15, 0.2) is 0 Å². The van der Waals surface area contributed by atoms with Crippen LogP contribution in [0.25, 0.3) is 0 Å². The number of hydrogen-bond acceptors (Lipinski definition) is 4. The second-order valence-corrected chi connectivity index (χ2v) is 7.00. The highest BCUT2D eigenvalue weighted by molar-refractivity contribution is 7.89. The molecule has 0 heterocycles. The normalized spacial score (nSPS) is 12.3. The number of nitrogens with zero attached hydrogens (tertiary/aromatic N) is 2. The molecule has 6 heteroatoms. The SMILES string of the molecule is CCCN(CCN(C)C)S(=O)(=O)c1cccc(CN)c1. The van der Waals surface area contributed by atoms with Crippen molar-refractivity contribution in [1.29, 1.82) is 0 Å². The summed E-state index contributed by atoms with van der Waals surface area (Å²) in [5.41, 5.74) is 6.41. The van der Waals surface area contributed by atoms with Crippen molar-refractivity contribution in [2.24, 2.45) is 5.73 Å². The second-order valence-electron chi connectivity index (χ2n) is 5.06. The van der Waals surface area contributed by atoms with E-state index in [0.717, 1.165) is 12.0 Å². The predicted molar refractivity (Wildman–Crippen MR) is 81.9 cm³/mol. The molecule has 0 radical (unpaired) electrons. The van der Waals surface area contributed by atoms with Crippen molar-refractivity contribution >= 4 is 10.0 Å². The summed E-state index contributed by atoms with van der Waals surface area (Å²) in [4.78, 5) is 2.31. The highest BCUT2D eigenvalue weighted by atomic mass is 32.2. The number of likely N-dealkylation sites (N-methyl/N-ethyl adjacent to an activating group) is 1. The molecular formula is C14H25N3O2S. The minimum absolute atomic E-state index is 0.327. The van der Waals surface area contributed by atoms with Gasteiger partial charge in [-0.25, -0.2) is 8.42 Å². The molecule has 114 valence electrons. The van der Waals surface area contributed by atoms with Crippen LogP contribution in [0.3, 0.4) is 0 Å². The first-order chi connectivity index (χ1) is 9.41. The number of rotatable bonds is 8. The molecule has 0 aliphatic rings. The van der Waals surface area contributed by atoms with Crippen LogP contribution in [0, 0.1) is 0 Å². The Hall–Kier alpha value is -0.950. The van der Waals surface area contributed by atoms with E-state index in [1.807, 2.05) is 32.0 Å². The van der Waals surface area contributed by atoms with Crippen molar-refractivity contribution in [2.45, 2.75) is 24.8 Å². The number of sulfonamides is 1. The standard InChI is InChI=1S/C14H25N3O2S/c1-4-8-17(10-9-16(2)3)20(18,19)14-7-5-6-13(11-14)12-15/h5-7,11H,4,8-10,12,15H2,1-3H3. The van der Waals surface area contributed by atoms with E-state index in [1.54, 1.807) is 22.5 Å². The van der Waals surface area contributed by atoms with Crippen LogP contribution in [0.5, 0.6) is 0 Å². The van der Waals surface area contributed by atoms with E-state index in [1.165, 1.54) is 0 Å². The maximum atomic E-state index is 12.7. The number of hydrogen-bond donors (Lipinski definition) is 1. The maximum Gasteiger partial charge on any atom is 0.243 e. The van der Waals surface area contributed by atoms with Crippen LogP contribution >= 0.6 is 0 Å². The zero-order chi connectivity index (χ0) is 15.2. The molecule has 1 aromatic rings. The summed E-state index contributed by atoms with van der Waals surface area (Å²) < 4.78 is 26.9. The van der Waals surface area contributed by atoms with Crippen molar-refractivity contribution in [3.8, 4) is 0 Å². The molecule has 1 aromatic carbocycles. The zero-order valence-electron chi connectivity index (χ0n) is 12.5. The highest BCUT2D eigenvalue weighted by Crippen LogP contribution is 2.17. The molecule has 0 aliphatic carbocycles. The summed E-state index contributed by atoms with van der Waals surface area (Å²) in [7, 11) is 0.432. The van der Waals surface area contributed by atoms with Crippen LogP contribution < -0.4 is 5.73 Å². The van der Waals surface area contributed by atoms with E-state index in [-0.39, 0.29) is 0 Å². The molecule has 0 aromatic heterocycles. The summed E-state index contributed by atoms with van der Waals surface area (Å²) >= 11 is 0. The van der Waals surface area contributed by atoms with Gasteiger partial charge in [0.2, 0.25) is 10.0 Å². The molecule has 0 spiro atoms. The lowest BCUT2D eigenvalue weighted by molar-refractivity contribution is 0.333. The Morgan fingerprint density at radius 3 is 2.40 bits per heavy atom. The maximum absolute atomic E-state index is 12.7. The molecule has 0 saturated heterocycles. The topological polar surface area (TPSA) is 66.6 Å². The van der Waals surface area contributed by atoms with Crippen LogP contribution in [-0.2, 0) is 16.6 Å². The molecule has 2 N–H and O–H groups in total. The average molecular weight is 299 g/mol. The summed E-state index contributed by atoms with van der Waals surface area (Å²) in [6, 6.07) is 6.87. The van der Waals surface area contributed by atoms with Crippen LogP contribution in [-0.4, -0.2) is 51.4 Å². The molecule has 20 heavy (non-hydrogen) atoms. The van der Waals surface area contributed by atoms with Gasteiger partial charge >= 0.3 is 0 Å². The van der Waals surface area contributed by atoms with Gasteiger partial charge in [0.05, 0.1) is 4.90 Å². The first kappa shape index (κ1) is 17.1. The van der Waals surface area contributed by atoms with Crippen LogP contribution in [0.1, 0.15) is 18.9 Å². The molecule has 0 bridgehead atoms. The Balaban J connectivity index is 3.01. The van der Waals surface area contributed by atoms with Crippen molar-refractivity contribution in [3.63, 3.8) is 0 Å². The van der Waals surface area contributed by atoms with E-state index < -0.39 is 10.0 Å². The van der Waals surface area contributed by atoms with Gasteiger partial charge in [0, 0.05) is 26.2 Å². The minimum atomic E-state index is -3.44. The Bertz CT molecular complexity index is 515. The Morgan fingerprint density at radius 2 is 1.85 bits per heavy atom. The van der Waals surface area contributed by atoms with Crippen molar-refractivity contribution < 1.29 is 8.42 Å². The number of nitrogens with two attached hydrogens (primary N) is 1. The monoisotopic (exact) mass is 299 g/mol. The van der Waals surface area contributed by atoms with Crippen molar-refractivity contribution in [1.82, 2.24) is 9.21 Å². The van der Waals surface area contributed by atoms with Gasteiger partial charge in [-0.05, 0) is 38.2 Å². The lowest BCUT2D eigenvalue weighted by Crippen LogP contribution is -2.37. The smallest absolute Gasteiger partial charge is 0.243 e. The largest absolute Gasteiger partial charge is 0.326 e. The van der Waals surface area contributed by atoms with Gasteiger partial charge in [-0.2, -0.15) is 4.31 Å². The van der Waals surface area contributed by atoms with E-state index in [2.05, 4.69) is 0 Å². The molecule has 0 unspecified atom stereocenters. The molecule has 5 nitrogen and oxygen atoms in total. The molecule has 0 fully saturated rings. The third kappa shape index (κ3) is 4.56. The summed E-state index contributed by atoms with van der Waals surface area (Å²) in [6.45, 7) is 4.05. The van der Waals surface area contributed by atoms with E-state index in [0.29, 0.717) is 31.1 Å². The molecule has 0 atom stereocenters. The molecule has 0 saturated carbocycles. The van der Waals surface area contributed by atoms with Crippen LogP contribution in [0.2, 0.25) is 0 Å². The Morgan fingerprint density at radius 1 is 1.15 bits per heavy atom. The first-order valence-electron chi connectivity index (χ1n) is 6.85. The van der Waals surface area contributed by atoms with Crippen molar-refractivity contribution in [3.05, 3.63) is 29.8 Å². The fourth-order valence-electron chi connectivity index (χ4n) is 1.90. The minimum Gasteiger partial charge on any atom is -0.326 e.